The summed E-state index contributed by atoms with van der Waals surface area (Å²) in [6.07, 6.45) is 9.87. The van der Waals surface area contributed by atoms with Crippen LogP contribution in [-0.2, 0) is 0 Å². The van der Waals surface area contributed by atoms with Crippen LogP contribution in [0.15, 0.2) is 18.7 Å². The average molecular weight is 345 g/mol. The number of H-pyrrole nitrogens is 1. The molecule has 0 radical (unpaired) electrons. The number of carbonyl (C=O) groups is 1. The summed E-state index contributed by atoms with van der Waals surface area (Å²) in [5.74, 6) is 1.04. The molecule has 0 bridgehead atoms. The summed E-state index contributed by atoms with van der Waals surface area (Å²) in [4.78, 5) is 27.6. The van der Waals surface area contributed by atoms with Crippen LogP contribution in [0.2, 0.25) is 0 Å². The molecular weight excluding hydrogens is 322 g/mol. The van der Waals surface area contributed by atoms with Gasteiger partial charge in [0.25, 0.3) is 0 Å². The fourth-order valence-corrected chi connectivity index (χ4v) is 4.35. The van der Waals surface area contributed by atoms with Gasteiger partial charge in [0.15, 0.2) is 0 Å². The van der Waals surface area contributed by atoms with Gasteiger partial charge >= 0.3 is 6.03 Å². The molecule has 1 atom stereocenters. The lowest BCUT2D eigenvalue weighted by Gasteiger charge is -2.32. The highest BCUT2D eigenvalue weighted by molar-refractivity contribution is 7.11. The van der Waals surface area contributed by atoms with Crippen LogP contribution in [0.1, 0.15) is 53.2 Å². The number of aryl methyl sites for hydroxylation is 1. The van der Waals surface area contributed by atoms with E-state index in [1.807, 2.05) is 17.3 Å². The third kappa shape index (κ3) is 3.31. The number of amides is 2. The van der Waals surface area contributed by atoms with Gasteiger partial charge in [0.05, 0.1) is 12.4 Å². The lowest BCUT2D eigenvalue weighted by molar-refractivity contribution is 0.176. The Morgan fingerprint density at radius 2 is 2.12 bits per heavy atom. The van der Waals surface area contributed by atoms with Crippen LogP contribution in [0.4, 0.5) is 4.79 Å². The van der Waals surface area contributed by atoms with E-state index < -0.39 is 0 Å². The zero-order valence-corrected chi connectivity index (χ0v) is 14.7. The van der Waals surface area contributed by atoms with Gasteiger partial charge in [-0.15, -0.1) is 11.3 Å². The van der Waals surface area contributed by atoms with E-state index in [2.05, 4.69) is 27.2 Å². The van der Waals surface area contributed by atoms with E-state index in [-0.39, 0.29) is 12.1 Å². The Kier molecular flexibility index (Phi) is 4.26. The molecule has 0 unspecified atom stereocenters. The zero-order valence-electron chi connectivity index (χ0n) is 13.9. The monoisotopic (exact) mass is 345 g/mol. The van der Waals surface area contributed by atoms with E-state index in [1.165, 1.54) is 23.4 Å². The smallest absolute Gasteiger partial charge is 0.317 e. The summed E-state index contributed by atoms with van der Waals surface area (Å²) < 4.78 is 0. The van der Waals surface area contributed by atoms with Gasteiger partial charge < -0.3 is 15.2 Å². The quantitative estimate of drug-likeness (QED) is 0.893. The number of piperidine rings is 1. The van der Waals surface area contributed by atoms with Crippen molar-refractivity contribution in [3.05, 3.63) is 34.3 Å². The molecule has 2 amide bonds. The van der Waals surface area contributed by atoms with E-state index in [9.17, 15) is 4.79 Å². The first-order chi connectivity index (χ1) is 11.7. The van der Waals surface area contributed by atoms with Gasteiger partial charge in [-0.2, -0.15) is 0 Å². The number of hydrogen-bond acceptors (Lipinski definition) is 4. The Hall–Kier alpha value is -1.89. The third-order valence-corrected chi connectivity index (χ3v) is 6.01. The molecule has 128 valence electrons. The van der Waals surface area contributed by atoms with Gasteiger partial charge in [0.2, 0.25) is 0 Å². The van der Waals surface area contributed by atoms with Crippen molar-refractivity contribution in [2.24, 2.45) is 5.92 Å². The minimum absolute atomic E-state index is 0.0582. The van der Waals surface area contributed by atoms with Crippen LogP contribution in [0.5, 0.6) is 0 Å². The summed E-state index contributed by atoms with van der Waals surface area (Å²) in [5, 5.41) is 4.29. The topological polar surface area (TPSA) is 73.9 Å². The van der Waals surface area contributed by atoms with Crippen molar-refractivity contribution in [2.75, 3.05) is 13.1 Å². The van der Waals surface area contributed by atoms with Crippen LogP contribution >= 0.6 is 11.3 Å². The molecule has 2 fully saturated rings. The predicted octanol–water partition coefficient (Wildman–Crippen LogP) is 3.21. The van der Waals surface area contributed by atoms with Crippen LogP contribution < -0.4 is 5.32 Å². The van der Waals surface area contributed by atoms with Crippen LogP contribution in [0, 0.1) is 12.8 Å². The molecule has 1 saturated heterocycles. The fraction of sp³-hybridized carbons (Fsp3) is 0.588. The Bertz CT molecular complexity index is 686. The molecule has 0 spiro atoms. The number of nitrogens with one attached hydrogen (secondary N) is 2. The van der Waals surface area contributed by atoms with Crippen LogP contribution in [-0.4, -0.2) is 39.0 Å². The molecule has 24 heavy (non-hydrogen) atoms. The maximum Gasteiger partial charge on any atom is 0.317 e. The minimum atomic E-state index is 0.0582. The molecule has 7 heteroatoms. The first kappa shape index (κ1) is 15.6. The Morgan fingerprint density at radius 3 is 2.71 bits per heavy atom. The molecule has 1 aliphatic carbocycles. The summed E-state index contributed by atoms with van der Waals surface area (Å²) in [6.45, 7) is 3.65. The molecule has 1 saturated carbocycles. The third-order valence-electron chi connectivity index (χ3n) is 5.02. The minimum Gasteiger partial charge on any atom is -0.348 e. The molecule has 6 nitrogen and oxygen atoms in total. The zero-order chi connectivity index (χ0) is 16.5. The first-order valence-corrected chi connectivity index (χ1v) is 9.48. The predicted molar refractivity (Wildman–Crippen MR) is 93.0 cm³/mol. The van der Waals surface area contributed by atoms with E-state index in [0.29, 0.717) is 11.8 Å². The molecule has 2 aliphatic rings. The van der Waals surface area contributed by atoms with Gasteiger partial charge in [-0.1, -0.05) is 0 Å². The number of nitrogens with zero attached hydrogens (tertiary/aromatic N) is 3. The first-order valence-electron chi connectivity index (χ1n) is 8.67. The SMILES string of the molecule is Cc1cnc([C@H](NC(=O)N2CCC(c3cnc[nH]3)CC2)C2CC2)s1. The summed E-state index contributed by atoms with van der Waals surface area (Å²) >= 11 is 1.70. The molecule has 2 N–H and O–H groups in total. The van der Waals surface area contributed by atoms with Crippen molar-refractivity contribution < 1.29 is 4.79 Å². The van der Waals surface area contributed by atoms with E-state index in [0.717, 1.165) is 30.9 Å². The largest absolute Gasteiger partial charge is 0.348 e. The number of aromatic amines is 1. The van der Waals surface area contributed by atoms with E-state index >= 15 is 0 Å². The fourth-order valence-electron chi connectivity index (χ4n) is 3.43. The van der Waals surface area contributed by atoms with Gasteiger partial charge in [0.1, 0.15) is 5.01 Å². The van der Waals surface area contributed by atoms with Crippen molar-refractivity contribution in [3.63, 3.8) is 0 Å². The summed E-state index contributed by atoms with van der Waals surface area (Å²) in [7, 11) is 0. The second kappa shape index (κ2) is 6.55. The van der Waals surface area contributed by atoms with Gasteiger partial charge in [0, 0.05) is 42.0 Å². The normalized spacial score (nSPS) is 20.1. The standard InChI is InChI=1S/C17H23N5OS/c1-11-8-19-16(24-11)15(13-2-3-13)21-17(23)22-6-4-12(5-7-22)14-9-18-10-20-14/h8-10,12-13,15H,2-7H2,1H3,(H,18,20)(H,21,23)/t15-/m1/s1. The molecule has 4 rings (SSSR count). The second-order valence-corrected chi connectivity index (χ2v) is 8.11. The number of likely N-dealkylation sites (tertiary alicyclic amines) is 1. The highest BCUT2D eigenvalue weighted by atomic mass is 32.1. The lowest BCUT2D eigenvalue weighted by Crippen LogP contribution is -2.45. The number of hydrogen-bond donors (Lipinski definition) is 2. The van der Waals surface area contributed by atoms with Gasteiger partial charge in [-0.3, -0.25) is 0 Å². The number of thiazole rings is 1. The Morgan fingerprint density at radius 1 is 1.33 bits per heavy atom. The maximum absolute atomic E-state index is 12.7. The molecule has 3 heterocycles. The molecule has 0 aromatic carbocycles. The van der Waals surface area contributed by atoms with Crippen LogP contribution in [0.25, 0.3) is 0 Å². The maximum atomic E-state index is 12.7. The number of carbonyl (C=O) groups excluding carboxylic acids is 1. The van der Waals surface area contributed by atoms with Crippen molar-refractivity contribution in [3.8, 4) is 0 Å². The molecule has 2 aromatic rings. The van der Waals surface area contributed by atoms with E-state index in [4.69, 9.17) is 0 Å². The Balaban J connectivity index is 1.36. The highest BCUT2D eigenvalue weighted by Gasteiger charge is 2.36. The number of rotatable bonds is 4. The highest BCUT2D eigenvalue weighted by Crippen LogP contribution is 2.42. The van der Waals surface area contributed by atoms with Gasteiger partial charge in [-0.25, -0.2) is 14.8 Å². The summed E-state index contributed by atoms with van der Waals surface area (Å²) in [6, 6.07) is 0.143. The molecular formula is C17H23N5OS. The van der Waals surface area contributed by atoms with Crippen molar-refractivity contribution in [1.82, 2.24) is 25.2 Å². The van der Waals surface area contributed by atoms with Crippen molar-refractivity contribution in [2.45, 2.75) is 44.6 Å². The lowest BCUT2D eigenvalue weighted by atomic mass is 9.94. The van der Waals surface area contributed by atoms with Gasteiger partial charge in [-0.05, 0) is 38.5 Å². The van der Waals surface area contributed by atoms with Crippen molar-refractivity contribution >= 4 is 17.4 Å². The Labute approximate surface area is 145 Å². The van der Waals surface area contributed by atoms with Crippen LogP contribution in [0.3, 0.4) is 0 Å². The second-order valence-electron chi connectivity index (χ2n) is 6.84. The average Bonchev–Trinajstić information content (AvgIpc) is 3.10. The van der Waals surface area contributed by atoms with E-state index in [1.54, 1.807) is 17.7 Å². The number of aromatic nitrogens is 3. The van der Waals surface area contributed by atoms with Crippen molar-refractivity contribution in [1.29, 1.82) is 0 Å². The summed E-state index contributed by atoms with van der Waals surface area (Å²) in [5.41, 5.74) is 1.18. The number of imidazole rings is 1. The molecule has 2 aromatic heterocycles. The molecule has 1 aliphatic heterocycles. The number of urea groups is 1.